The zero-order valence-corrected chi connectivity index (χ0v) is 15.2. The van der Waals surface area contributed by atoms with Gasteiger partial charge >= 0.3 is 0 Å². The summed E-state index contributed by atoms with van der Waals surface area (Å²) in [5, 5.41) is 11.2. The summed E-state index contributed by atoms with van der Waals surface area (Å²) in [5.74, 6) is 0.151. The van der Waals surface area contributed by atoms with Crippen molar-refractivity contribution in [3.8, 4) is 10.6 Å². The Morgan fingerprint density at radius 3 is 2.75 bits per heavy atom. The predicted molar refractivity (Wildman–Crippen MR) is 97.8 cm³/mol. The summed E-state index contributed by atoms with van der Waals surface area (Å²) in [6, 6.07) is 2.02. The largest absolute Gasteiger partial charge is 0.346 e. The fourth-order valence-electron chi connectivity index (χ4n) is 4.27. The molecule has 126 valence electrons. The van der Waals surface area contributed by atoms with Crippen molar-refractivity contribution in [2.45, 2.75) is 66.4 Å². The summed E-state index contributed by atoms with van der Waals surface area (Å²) in [4.78, 5) is 14.2. The van der Waals surface area contributed by atoms with E-state index in [9.17, 15) is 4.79 Å². The maximum Gasteiger partial charge on any atom is 0.254 e. The molecule has 2 fully saturated rings. The van der Waals surface area contributed by atoms with E-state index in [0.29, 0.717) is 5.25 Å². The number of carbonyl (C=O) groups is 1. The number of aromatic nitrogens is 2. The average molecular weight is 360 g/mol. The van der Waals surface area contributed by atoms with Crippen molar-refractivity contribution in [1.29, 1.82) is 0 Å². The Bertz CT molecular complexity index is 771. The molecule has 2 N–H and O–H groups in total. The quantitative estimate of drug-likeness (QED) is 0.855. The summed E-state index contributed by atoms with van der Waals surface area (Å²) >= 11 is 3.73. The number of fused-ring (bicyclic) bond motifs is 1. The summed E-state index contributed by atoms with van der Waals surface area (Å²) in [5.41, 5.74) is 3.29. The second-order valence-corrected chi connectivity index (χ2v) is 9.92. The Hall–Kier alpha value is -1.27. The number of carbonyl (C=O) groups excluding carboxylic acids is 1. The van der Waals surface area contributed by atoms with Gasteiger partial charge in [-0.3, -0.25) is 9.89 Å². The second kappa shape index (κ2) is 5.63. The minimum Gasteiger partial charge on any atom is -0.346 e. The van der Waals surface area contributed by atoms with Gasteiger partial charge in [-0.25, -0.2) is 0 Å². The van der Waals surface area contributed by atoms with Crippen LogP contribution in [0.4, 0.5) is 0 Å². The lowest BCUT2D eigenvalue weighted by atomic mass is 9.70. The number of rotatable bonds is 3. The second-order valence-electron chi connectivity index (χ2n) is 7.33. The van der Waals surface area contributed by atoms with Gasteiger partial charge in [0.15, 0.2) is 0 Å². The molecule has 1 aliphatic heterocycles. The van der Waals surface area contributed by atoms with Crippen molar-refractivity contribution >= 4 is 29.0 Å². The number of aromatic amines is 1. The molecule has 1 spiro atoms. The normalized spacial score (nSPS) is 22.4. The Labute approximate surface area is 149 Å². The molecule has 2 aromatic heterocycles. The van der Waals surface area contributed by atoms with Crippen LogP contribution in [0.15, 0.2) is 16.5 Å². The van der Waals surface area contributed by atoms with E-state index in [1.54, 1.807) is 17.5 Å². The SMILES string of the molecule is O=C1NC2(CCC2)Cc2c(-c3ccn[nH]3)sc(SC3CCCC3)c21. The van der Waals surface area contributed by atoms with Crippen molar-refractivity contribution in [3.05, 3.63) is 23.4 Å². The van der Waals surface area contributed by atoms with Gasteiger partial charge in [0.05, 0.1) is 20.3 Å². The van der Waals surface area contributed by atoms with Crippen LogP contribution < -0.4 is 5.32 Å². The molecule has 5 rings (SSSR count). The van der Waals surface area contributed by atoms with E-state index < -0.39 is 0 Å². The van der Waals surface area contributed by atoms with Gasteiger partial charge in [0.1, 0.15) is 0 Å². The third-order valence-electron chi connectivity index (χ3n) is 5.73. The van der Waals surface area contributed by atoms with Crippen LogP contribution in [0.2, 0.25) is 0 Å². The van der Waals surface area contributed by atoms with Crippen LogP contribution in [0, 0.1) is 0 Å². The molecule has 2 aliphatic carbocycles. The van der Waals surface area contributed by atoms with E-state index in [-0.39, 0.29) is 11.4 Å². The highest BCUT2D eigenvalue weighted by atomic mass is 32.2. The van der Waals surface area contributed by atoms with Crippen molar-refractivity contribution in [2.75, 3.05) is 0 Å². The predicted octanol–water partition coefficient (Wildman–Crippen LogP) is 4.38. The summed E-state index contributed by atoms with van der Waals surface area (Å²) in [6.45, 7) is 0. The van der Waals surface area contributed by atoms with E-state index in [1.807, 2.05) is 17.8 Å². The Morgan fingerprint density at radius 1 is 1.25 bits per heavy atom. The van der Waals surface area contributed by atoms with Gasteiger partial charge in [0.2, 0.25) is 0 Å². The van der Waals surface area contributed by atoms with Gasteiger partial charge in [-0.15, -0.1) is 23.1 Å². The number of H-pyrrole nitrogens is 1. The average Bonchev–Trinajstić information content (AvgIpc) is 3.26. The smallest absolute Gasteiger partial charge is 0.254 e. The van der Waals surface area contributed by atoms with E-state index in [2.05, 4.69) is 15.5 Å². The lowest BCUT2D eigenvalue weighted by molar-refractivity contribution is 0.0794. The van der Waals surface area contributed by atoms with E-state index in [0.717, 1.165) is 30.5 Å². The van der Waals surface area contributed by atoms with Gasteiger partial charge in [-0.05, 0) is 50.2 Å². The minimum atomic E-state index is 0.0230. The molecule has 1 amide bonds. The molecule has 2 saturated carbocycles. The first-order valence-corrected chi connectivity index (χ1v) is 10.6. The van der Waals surface area contributed by atoms with Crippen LogP contribution in [0.25, 0.3) is 10.6 Å². The molecule has 0 bridgehead atoms. The number of nitrogens with one attached hydrogen (secondary N) is 2. The first-order valence-electron chi connectivity index (χ1n) is 8.89. The highest BCUT2D eigenvalue weighted by Gasteiger charge is 2.45. The molecular weight excluding hydrogens is 338 g/mol. The molecule has 4 nitrogen and oxygen atoms in total. The number of thiophene rings is 1. The number of thioether (sulfide) groups is 1. The minimum absolute atomic E-state index is 0.0230. The van der Waals surface area contributed by atoms with Crippen molar-refractivity contribution in [2.24, 2.45) is 0 Å². The number of amides is 1. The van der Waals surface area contributed by atoms with Crippen molar-refractivity contribution in [1.82, 2.24) is 15.5 Å². The highest BCUT2D eigenvalue weighted by molar-refractivity contribution is 8.01. The molecule has 0 atom stereocenters. The van der Waals surface area contributed by atoms with Crippen LogP contribution in [0.1, 0.15) is 60.9 Å². The molecule has 2 aromatic rings. The summed E-state index contributed by atoms with van der Waals surface area (Å²) in [6.07, 6.45) is 11.4. The standard InChI is InChI=1S/C18H21N3OS2/c22-16-14-12(10-18(20-16)7-3-8-18)15(13-6-9-19-21-13)24-17(14)23-11-4-1-2-5-11/h6,9,11H,1-5,7-8,10H2,(H,19,21)(H,20,22). The zero-order valence-electron chi connectivity index (χ0n) is 13.6. The van der Waals surface area contributed by atoms with Gasteiger partial charge in [0, 0.05) is 17.0 Å². The monoisotopic (exact) mass is 359 g/mol. The van der Waals surface area contributed by atoms with Gasteiger partial charge in [-0.1, -0.05) is 12.8 Å². The summed E-state index contributed by atoms with van der Waals surface area (Å²) in [7, 11) is 0. The lowest BCUT2D eigenvalue weighted by Gasteiger charge is -2.45. The fraction of sp³-hybridized carbons (Fsp3) is 0.556. The third-order valence-corrected chi connectivity index (χ3v) is 8.55. The first-order chi connectivity index (χ1) is 11.7. The maximum absolute atomic E-state index is 12.9. The Kier molecular flexibility index (Phi) is 3.52. The molecule has 3 heterocycles. The number of hydrogen-bond acceptors (Lipinski definition) is 4. The van der Waals surface area contributed by atoms with Crippen LogP contribution >= 0.6 is 23.1 Å². The van der Waals surface area contributed by atoms with Crippen molar-refractivity contribution in [3.63, 3.8) is 0 Å². The van der Waals surface area contributed by atoms with Gasteiger partial charge in [0.25, 0.3) is 5.91 Å². The van der Waals surface area contributed by atoms with E-state index in [4.69, 9.17) is 0 Å². The third kappa shape index (κ3) is 2.34. The molecule has 3 aliphatic rings. The molecular formula is C18H21N3OS2. The zero-order chi connectivity index (χ0) is 16.1. The number of nitrogens with zero attached hydrogens (tertiary/aromatic N) is 1. The summed E-state index contributed by atoms with van der Waals surface area (Å²) < 4.78 is 1.22. The first kappa shape index (κ1) is 15.0. The van der Waals surface area contributed by atoms with E-state index >= 15 is 0 Å². The van der Waals surface area contributed by atoms with Gasteiger partial charge in [-0.2, -0.15) is 5.10 Å². The van der Waals surface area contributed by atoms with Gasteiger partial charge < -0.3 is 5.32 Å². The molecule has 0 saturated heterocycles. The molecule has 0 aromatic carbocycles. The van der Waals surface area contributed by atoms with Crippen LogP contribution in [0.3, 0.4) is 0 Å². The topological polar surface area (TPSA) is 57.8 Å². The van der Waals surface area contributed by atoms with E-state index in [1.165, 1.54) is 46.8 Å². The fourth-order valence-corrected chi connectivity index (χ4v) is 7.35. The molecule has 0 radical (unpaired) electrons. The van der Waals surface area contributed by atoms with Crippen LogP contribution in [0.5, 0.6) is 0 Å². The highest BCUT2D eigenvalue weighted by Crippen LogP contribution is 2.50. The Balaban J connectivity index is 1.59. The lowest BCUT2D eigenvalue weighted by Crippen LogP contribution is -2.57. The molecule has 0 unspecified atom stereocenters. The molecule has 6 heteroatoms. The Morgan fingerprint density at radius 2 is 2.08 bits per heavy atom. The van der Waals surface area contributed by atoms with Crippen LogP contribution in [-0.4, -0.2) is 26.9 Å². The maximum atomic E-state index is 12.9. The van der Waals surface area contributed by atoms with Crippen LogP contribution in [-0.2, 0) is 6.42 Å². The number of hydrogen-bond donors (Lipinski definition) is 2. The molecule has 24 heavy (non-hydrogen) atoms. The van der Waals surface area contributed by atoms with Crippen molar-refractivity contribution < 1.29 is 4.79 Å².